The van der Waals surface area contributed by atoms with Gasteiger partial charge in [0.1, 0.15) is 6.10 Å². The molecule has 0 saturated carbocycles. The van der Waals surface area contributed by atoms with Crippen molar-refractivity contribution in [1.29, 1.82) is 0 Å². The maximum Gasteiger partial charge on any atom is 0.106 e. The fraction of sp³-hybridized carbons (Fsp3) is 0.400. The Morgan fingerprint density at radius 1 is 1.42 bits per heavy atom. The van der Waals surface area contributed by atoms with Crippen molar-refractivity contribution < 1.29 is 9.47 Å². The molecule has 1 heterocycles. The van der Waals surface area contributed by atoms with Crippen LogP contribution in [0.1, 0.15) is 17.2 Å². The molecule has 1 saturated heterocycles. The zero-order chi connectivity index (χ0) is 8.39. The number of benzene rings is 1. The number of rotatable bonds is 3. The van der Waals surface area contributed by atoms with Crippen LogP contribution >= 0.6 is 0 Å². The number of hydrogen-bond donors (Lipinski definition) is 0. The van der Waals surface area contributed by atoms with Crippen LogP contribution in [0, 0.1) is 0 Å². The van der Waals surface area contributed by atoms with Crippen LogP contribution in [0.15, 0.2) is 24.3 Å². The Hall–Kier alpha value is -0.860. The lowest BCUT2D eigenvalue weighted by molar-refractivity contribution is 0.185. The van der Waals surface area contributed by atoms with Crippen LogP contribution in [0.3, 0.4) is 0 Å². The molecule has 0 aromatic heterocycles. The highest BCUT2D eigenvalue weighted by atomic mass is 16.6. The topological polar surface area (TPSA) is 21.8 Å². The predicted molar refractivity (Wildman–Crippen MR) is 45.8 cm³/mol. The molecule has 1 fully saturated rings. The Bertz CT molecular complexity index is 249. The maximum atomic E-state index is 5.16. The van der Waals surface area contributed by atoms with Gasteiger partial charge < -0.3 is 9.47 Å². The molecule has 0 radical (unpaired) electrons. The molecule has 0 aliphatic carbocycles. The second-order valence-electron chi connectivity index (χ2n) is 3.00. The average Bonchev–Trinajstić information content (AvgIpc) is 2.89. The summed E-state index contributed by atoms with van der Waals surface area (Å²) in [6.45, 7) is 1.56. The van der Waals surface area contributed by atoms with Crippen molar-refractivity contribution in [2.24, 2.45) is 0 Å². The Kier molecular flexibility index (Phi) is 2.11. The lowest BCUT2D eigenvalue weighted by Crippen LogP contribution is -1.87. The van der Waals surface area contributed by atoms with Gasteiger partial charge >= 0.3 is 0 Å². The lowest BCUT2D eigenvalue weighted by atomic mass is 10.1. The van der Waals surface area contributed by atoms with E-state index in [4.69, 9.17) is 9.47 Å². The van der Waals surface area contributed by atoms with E-state index in [2.05, 4.69) is 24.3 Å². The van der Waals surface area contributed by atoms with E-state index in [1.165, 1.54) is 11.1 Å². The molecular formula is C10H12O2. The summed E-state index contributed by atoms with van der Waals surface area (Å²) < 4.78 is 10.2. The second-order valence-corrected chi connectivity index (χ2v) is 3.00. The van der Waals surface area contributed by atoms with Crippen molar-refractivity contribution in [3.8, 4) is 0 Å². The molecule has 1 aliphatic heterocycles. The Labute approximate surface area is 72.1 Å². The standard InChI is InChI=1S/C10H12O2/c1-11-6-8-2-4-9(5-3-8)10-7-12-10/h2-5,10H,6-7H2,1H3. The summed E-state index contributed by atoms with van der Waals surface area (Å²) in [6, 6.07) is 8.37. The van der Waals surface area contributed by atoms with Crippen molar-refractivity contribution in [1.82, 2.24) is 0 Å². The van der Waals surface area contributed by atoms with Gasteiger partial charge in [0.05, 0.1) is 13.2 Å². The summed E-state index contributed by atoms with van der Waals surface area (Å²) in [5.41, 5.74) is 2.48. The Balaban J connectivity index is 2.08. The van der Waals surface area contributed by atoms with Gasteiger partial charge in [-0.2, -0.15) is 0 Å². The summed E-state index contributed by atoms with van der Waals surface area (Å²) in [4.78, 5) is 0. The van der Waals surface area contributed by atoms with Crippen LogP contribution in [0.4, 0.5) is 0 Å². The highest BCUT2D eigenvalue weighted by Crippen LogP contribution is 2.29. The monoisotopic (exact) mass is 164 g/mol. The Morgan fingerprint density at radius 2 is 2.08 bits per heavy atom. The van der Waals surface area contributed by atoms with Crippen LogP contribution in [-0.2, 0) is 16.1 Å². The van der Waals surface area contributed by atoms with Gasteiger partial charge in [-0.1, -0.05) is 24.3 Å². The second kappa shape index (κ2) is 3.25. The fourth-order valence-electron chi connectivity index (χ4n) is 1.24. The molecule has 12 heavy (non-hydrogen) atoms. The molecule has 2 rings (SSSR count). The number of hydrogen-bond acceptors (Lipinski definition) is 2. The van der Waals surface area contributed by atoms with Crippen molar-refractivity contribution in [2.45, 2.75) is 12.7 Å². The highest BCUT2D eigenvalue weighted by Gasteiger charge is 2.23. The van der Waals surface area contributed by atoms with Crippen LogP contribution in [0.25, 0.3) is 0 Å². The third-order valence-electron chi connectivity index (χ3n) is 2.00. The predicted octanol–water partition coefficient (Wildman–Crippen LogP) is 1.90. The summed E-state index contributed by atoms with van der Waals surface area (Å²) in [5.74, 6) is 0. The molecule has 0 N–H and O–H groups in total. The van der Waals surface area contributed by atoms with E-state index < -0.39 is 0 Å². The van der Waals surface area contributed by atoms with E-state index >= 15 is 0 Å². The van der Waals surface area contributed by atoms with Crippen LogP contribution in [-0.4, -0.2) is 13.7 Å². The van der Waals surface area contributed by atoms with Crippen LogP contribution in [0.5, 0.6) is 0 Å². The Morgan fingerprint density at radius 3 is 2.58 bits per heavy atom. The zero-order valence-electron chi connectivity index (χ0n) is 7.12. The number of epoxide rings is 1. The van der Waals surface area contributed by atoms with Gasteiger partial charge in [-0.25, -0.2) is 0 Å². The first-order valence-corrected chi connectivity index (χ1v) is 4.09. The summed E-state index contributed by atoms with van der Waals surface area (Å²) in [6.07, 6.45) is 0.363. The molecule has 1 aromatic rings. The molecule has 2 nitrogen and oxygen atoms in total. The van der Waals surface area contributed by atoms with E-state index in [0.29, 0.717) is 12.7 Å². The minimum Gasteiger partial charge on any atom is -0.380 e. The van der Waals surface area contributed by atoms with E-state index in [0.717, 1.165) is 6.61 Å². The van der Waals surface area contributed by atoms with Crippen LogP contribution < -0.4 is 0 Å². The third kappa shape index (κ3) is 1.65. The largest absolute Gasteiger partial charge is 0.380 e. The SMILES string of the molecule is COCc1ccc(C2CO2)cc1. The maximum absolute atomic E-state index is 5.16. The highest BCUT2D eigenvalue weighted by molar-refractivity contribution is 5.25. The minimum absolute atomic E-state index is 0.363. The van der Waals surface area contributed by atoms with Gasteiger partial charge in [-0.3, -0.25) is 0 Å². The van der Waals surface area contributed by atoms with Gasteiger partial charge in [-0.15, -0.1) is 0 Å². The average molecular weight is 164 g/mol. The first-order valence-electron chi connectivity index (χ1n) is 4.09. The molecule has 0 amide bonds. The van der Waals surface area contributed by atoms with Crippen LogP contribution in [0.2, 0.25) is 0 Å². The van der Waals surface area contributed by atoms with E-state index in [1.807, 2.05) is 0 Å². The van der Waals surface area contributed by atoms with Crippen molar-refractivity contribution in [2.75, 3.05) is 13.7 Å². The summed E-state index contributed by atoms with van der Waals surface area (Å²) in [7, 11) is 1.71. The molecular weight excluding hydrogens is 152 g/mol. The van der Waals surface area contributed by atoms with Gasteiger partial charge in [0, 0.05) is 7.11 Å². The summed E-state index contributed by atoms with van der Waals surface area (Å²) in [5, 5.41) is 0. The molecule has 0 bridgehead atoms. The van der Waals surface area contributed by atoms with Gasteiger partial charge in [0.2, 0.25) is 0 Å². The van der Waals surface area contributed by atoms with Gasteiger partial charge in [-0.05, 0) is 11.1 Å². The molecule has 1 unspecified atom stereocenters. The fourth-order valence-corrected chi connectivity index (χ4v) is 1.24. The third-order valence-corrected chi connectivity index (χ3v) is 2.00. The molecule has 1 aromatic carbocycles. The first kappa shape index (κ1) is 7.77. The van der Waals surface area contributed by atoms with Gasteiger partial charge in [0.25, 0.3) is 0 Å². The normalized spacial score (nSPS) is 20.9. The van der Waals surface area contributed by atoms with Crippen molar-refractivity contribution in [3.63, 3.8) is 0 Å². The van der Waals surface area contributed by atoms with Gasteiger partial charge in [0.15, 0.2) is 0 Å². The molecule has 64 valence electrons. The molecule has 0 spiro atoms. The number of ether oxygens (including phenoxy) is 2. The van der Waals surface area contributed by atoms with E-state index in [9.17, 15) is 0 Å². The van der Waals surface area contributed by atoms with E-state index in [1.54, 1.807) is 7.11 Å². The minimum atomic E-state index is 0.363. The zero-order valence-corrected chi connectivity index (χ0v) is 7.12. The lowest BCUT2D eigenvalue weighted by Gasteiger charge is -2.00. The van der Waals surface area contributed by atoms with Crippen molar-refractivity contribution in [3.05, 3.63) is 35.4 Å². The summed E-state index contributed by atoms with van der Waals surface area (Å²) >= 11 is 0. The number of methoxy groups -OCH3 is 1. The quantitative estimate of drug-likeness (QED) is 0.636. The van der Waals surface area contributed by atoms with E-state index in [-0.39, 0.29) is 0 Å². The first-order chi connectivity index (χ1) is 5.90. The molecule has 1 atom stereocenters. The smallest absolute Gasteiger partial charge is 0.106 e. The molecule has 2 heteroatoms. The molecule has 1 aliphatic rings. The van der Waals surface area contributed by atoms with Crippen molar-refractivity contribution >= 4 is 0 Å².